The molecule has 0 saturated heterocycles. The third-order valence-corrected chi connectivity index (χ3v) is 4.30. The molecule has 0 atom stereocenters. The van der Waals surface area contributed by atoms with Crippen LogP contribution in [-0.2, 0) is 0 Å². The molecule has 1 saturated carbocycles. The average molecular weight is 330 g/mol. The van der Waals surface area contributed by atoms with Crippen molar-refractivity contribution in [2.24, 2.45) is 0 Å². The molecule has 3 rings (SSSR count). The van der Waals surface area contributed by atoms with Crippen LogP contribution in [0.3, 0.4) is 0 Å². The SMILES string of the molecule is OC1CC(c2nc(-c3ccc(Cl)c(Br)c3)no2)C1. The molecule has 0 spiro atoms. The minimum Gasteiger partial charge on any atom is -0.393 e. The van der Waals surface area contributed by atoms with E-state index in [2.05, 4.69) is 26.1 Å². The van der Waals surface area contributed by atoms with Crippen molar-refractivity contribution in [3.63, 3.8) is 0 Å². The van der Waals surface area contributed by atoms with Crippen LogP contribution in [0.15, 0.2) is 27.2 Å². The van der Waals surface area contributed by atoms with Crippen molar-refractivity contribution in [3.8, 4) is 11.4 Å². The molecule has 1 aromatic carbocycles. The van der Waals surface area contributed by atoms with Gasteiger partial charge in [0.25, 0.3) is 0 Å². The molecular weight excluding hydrogens is 320 g/mol. The van der Waals surface area contributed by atoms with Gasteiger partial charge in [0.1, 0.15) is 0 Å². The Morgan fingerprint density at radius 3 is 2.83 bits per heavy atom. The van der Waals surface area contributed by atoms with Crippen LogP contribution < -0.4 is 0 Å². The lowest BCUT2D eigenvalue weighted by Crippen LogP contribution is -2.26. The quantitative estimate of drug-likeness (QED) is 0.917. The summed E-state index contributed by atoms with van der Waals surface area (Å²) in [6.45, 7) is 0. The molecule has 0 bridgehead atoms. The molecule has 1 heterocycles. The summed E-state index contributed by atoms with van der Waals surface area (Å²) in [6.07, 6.45) is 1.17. The number of benzene rings is 1. The Labute approximate surface area is 117 Å². The number of rotatable bonds is 2. The zero-order valence-corrected chi connectivity index (χ0v) is 11.6. The molecule has 0 radical (unpaired) electrons. The lowest BCUT2D eigenvalue weighted by molar-refractivity contribution is 0.0625. The predicted octanol–water partition coefficient (Wildman–Crippen LogP) is 3.39. The summed E-state index contributed by atoms with van der Waals surface area (Å²) >= 11 is 9.29. The van der Waals surface area contributed by atoms with E-state index in [9.17, 15) is 5.11 Å². The Hall–Kier alpha value is -0.910. The number of nitrogens with zero attached hydrogens (tertiary/aromatic N) is 2. The second-order valence-corrected chi connectivity index (χ2v) is 5.67. The number of aliphatic hydroxyl groups is 1. The molecule has 6 heteroatoms. The van der Waals surface area contributed by atoms with Crippen LogP contribution in [0.4, 0.5) is 0 Å². The van der Waals surface area contributed by atoms with Crippen LogP contribution in [0.5, 0.6) is 0 Å². The van der Waals surface area contributed by atoms with E-state index in [0.717, 1.165) is 10.0 Å². The summed E-state index contributed by atoms with van der Waals surface area (Å²) in [5.74, 6) is 1.34. The van der Waals surface area contributed by atoms with Crippen LogP contribution in [0.2, 0.25) is 5.02 Å². The van der Waals surface area contributed by atoms with Gasteiger partial charge in [-0.05, 0) is 47.0 Å². The monoisotopic (exact) mass is 328 g/mol. The van der Waals surface area contributed by atoms with Gasteiger partial charge < -0.3 is 9.63 Å². The first-order valence-corrected chi connectivity index (χ1v) is 6.77. The fraction of sp³-hybridized carbons (Fsp3) is 0.333. The summed E-state index contributed by atoms with van der Waals surface area (Å²) in [4.78, 5) is 4.35. The Morgan fingerprint density at radius 2 is 2.17 bits per heavy atom. The summed E-state index contributed by atoms with van der Waals surface area (Å²) < 4.78 is 6.02. The molecule has 0 aliphatic heterocycles. The van der Waals surface area contributed by atoms with Gasteiger partial charge in [0.15, 0.2) is 0 Å². The molecule has 4 nitrogen and oxygen atoms in total. The Bertz CT molecular complexity index is 581. The highest BCUT2D eigenvalue weighted by Gasteiger charge is 2.33. The van der Waals surface area contributed by atoms with E-state index in [-0.39, 0.29) is 12.0 Å². The van der Waals surface area contributed by atoms with Crippen molar-refractivity contribution >= 4 is 27.5 Å². The van der Waals surface area contributed by atoms with E-state index in [4.69, 9.17) is 16.1 Å². The van der Waals surface area contributed by atoms with Crippen LogP contribution in [0, 0.1) is 0 Å². The summed E-state index contributed by atoms with van der Waals surface area (Å²) in [5.41, 5.74) is 0.848. The molecule has 94 valence electrons. The second-order valence-electron chi connectivity index (χ2n) is 4.41. The van der Waals surface area contributed by atoms with Gasteiger partial charge in [-0.15, -0.1) is 0 Å². The molecular formula is C12H10BrClN2O2. The van der Waals surface area contributed by atoms with Crippen molar-refractivity contribution in [1.82, 2.24) is 10.1 Å². The van der Waals surface area contributed by atoms with Crippen molar-refractivity contribution in [2.45, 2.75) is 24.9 Å². The second kappa shape index (κ2) is 4.64. The van der Waals surface area contributed by atoms with E-state index >= 15 is 0 Å². The molecule has 0 unspecified atom stereocenters. The van der Waals surface area contributed by atoms with Gasteiger partial charge in [-0.25, -0.2) is 0 Å². The fourth-order valence-electron chi connectivity index (χ4n) is 1.94. The third kappa shape index (κ3) is 2.18. The first-order chi connectivity index (χ1) is 8.63. The summed E-state index contributed by atoms with van der Waals surface area (Å²) in [5, 5.41) is 13.9. The van der Waals surface area contributed by atoms with Crippen LogP contribution in [0.25, 0.3) is 11.4 Å². The van der Waals surface area contributed by atoms with Crippen LogP contribution in [0.1, 0.15) is 24.7 Å². The molecule has 1 aromatic heterocycles. The lowest BCUT2D eigenvalue weighted by atomic mass is 9.82. The predicted molar refractivity (Wildman–Crippen MR) is 70.4 cm³/mol. The minimum absolute atomic E-state index is 0.192. The highest BCUT2D eigenvalue weighted by molar-refractivity contribution is 9.10. The number of hydrogen-bond acceptors (Lipinski definition) is 4. The minimum atomic E-state index is -0.227. The van der Waals surface area contributed by atoms with Gasteiger partial charge in [0.2, 0.25) is 11.7 Å². The number of hydrogen-bond donors (Lipinski definition) is 1. The largest absolute Gasteiger partial charge is 0.393 e. The Morgan fingerprint density at radius 1 is 1.39 bits per heavy atom. The first kappa shape index (κ1) is 12.1. The summed E-state index contributed by atoms with van der Waals surface area (Å²) in [6, 6.07) is 5.48. The van der Waals surface area contributed by atoms with E-state index < -0.39 is 0 Å². The Balaban J connectivity index is 1.86. The molecule has 1 N–H and O–H groups in total. The van der Waals surface area contributed by atoms with E-state index in [1.54, 1.807) is 6.07 Å². The highest BCUT2D eigenvalue weighted by atomic mass is 79.9. The topological polar surface area (TPSA) is 59.2 Å². The van der Waals surface area contributed by atoms with Gasteiger partial charge in [-0.1, -0.05) is 16.8 Å². The van der Waals surface area contributed by atoms with Gasteiger partial charge in [0.05, 0.1) is 11.1 Å². The number of aliphatic hydroxyl groups excluding tert-OH is 1. The van der Waals surface area contributed by atoms with Crippen molar-refractivity contribution < 1.29 is 9.63 Å². The maximum Gasteiger partial charge on any atom is 0.230 e. The molecule has 18 heavy (non-hydrogen) atoms. The Kier molecular flexibility index (Phi) is 3.13. The maximum atomic E-state index is 9.26. The van der Waals surface area contributed by atoms with E-state index in [1.165, 1.54) is 0 Å². The lowest BCUT2D eigenvalue weighted by Gasteiger charge is -2.27. The molecule has 0 amide bonds. The highest BCUT2D eigenvalue weighted by Crippen LogP contribution is 2.36. The van der Waals surface area contributed by atoms with E-state index in [1.807, 2.05) is 12.1 Å². The standard InChI is InChI=1S/C12H10BrClN2O2/c13-9-5-6(1-2-10(9)14)11-15-12(18-16-11)7-3-8(17)4-7/h1-2,5,7-8,17H,3-4H2. The fourth-order valence-corrected chi connectivity index (χ4v) is 2.44. The van der Waals surface area contributed by atoms with Gasteiger partial charge in [-0.3, -0.25) is 0 Å². The number of aromatic nitrogens is 2. The van der Waals surface area contributed by atoms with Crippen LogP contribution >= 0.6 is 27.5 Å². The number of halogens is 2. The molecule has 2 aromatic rings. The molecule has 1 aliphatic carbocycles. The van der Waals surface area contributed by atoms with Gasteiger partial charge in [-0.2, -0.15) is 4.98 Å². The molecule has 1 fully saturated rings. The molecule has 1 aliphatic rings. The zero-order chi connectivity index (χ0) is 12.7. The average Bonchev–Trinajstić information content (AvgIpc) is 2.78. The van der Waals surface area contributed by atoms with Crippen molar-refractivity contribution in [1.29, 1.82) is 0 Å². The van der Waals surface area contributed by atoms with Gasteiger partial charge in [0, 0.05) is 16.0 Å². The first-order valence-electron chi connectivity index (χ1n) is 5.60. The van der Waals surface area contributed by atoms with Gasteiger partial charge >= 0.3 is 0 Å². The zero-order valence-electron chi connectivity index (χ0n) is 9.31. The van der Waals surface area contributed by atoms with Crippen LogP contribution in [-0.4, -0.2) is 21.4 Å². The third-order valence-electron chi connectivity index (χ3n) is 3.08. The normalized spacial score (nSPS) is 22.8. The van der Waals surface area contributed by atoms with E-state index in [0.29, 0.717) is 29.6 Å². The van der Waals surface area contributed by atoms with Crippen molar-refractivity contribution in [2.75, 3.05) is 0 Å². The smallest absolute Gasteiger partial charge is 0.230 e. The van der Waals surface area contributed by atoms with Crippen molar-refractivity contribution in [3.05, 3.63) is 33.6 Å². The maximum absolute atomic E-state index is 9.26. The summed E-state index contributed by atoms with van der Waals surface area (Å²) in [7, 11) is 0.